The predicted molar refractivity (Wildman–Crippen MR) is 81.1 cm³/mol. The Hall–Kier alpha value is -1.17. The molecule has 96 valence electrons. The first-order valence-electron chi connectivity index (χ1n) is 5.42. The molecule has 2 nitrogen and oxygen atoms in total. The molecule has 0 fully saturated rings. The largest absolute Gasteiger partial charge is 0.330 e. The van der Waals surface area contributed by atoms with E-state index < -0.39 is 0 Å². The summed E-state index contributed by atoms with van der Waals surface area (Å²) in [6.07, 6.45) is 0. The summed E-state index contributed by atoms with van der Waals surface area (Å²) in [6.45, 7) is 0. The number of hydrogen-bond donors (Lipinski definition) is 1. The first-order chi connectivity index (χ1) is 9.08. The molecule has 3 aromatic rings. The van der Waals surface area contributed by atoms with Crippen molar-refractivity contribution >= 4 is 50.8 Å². The van der Waals surface area contributed by atoms with Gasteiger partial charge in [-0.15, -0.1) is 0 Å². The summed E-state index contributed by atoms with van der Waals surface area (Å²) in [4.78, 5) is 3.02. The topological polar surface area (TPSA) is 20.7 Å². The standard InChI is InChI=1S/C13H7BrClFN2S/c14-7-4-5-9(16)11(6-7)18-12-8(15)2-1-3-10(12)17-13(18)19/h1-6H,(H,17,19). The van der Waals surface area contributed by atoms with Gasteiger partial charge in [0.15, 0.2) is 4.77 Å². The number of benzene rings is 2. The second kappa shape index (κ2) is 4.74. The van der Waals surface area contributed by atoms with Gasteiger partial charge in [-0.3, -0.25) is 4.57 Å². The lowest BCUT2D eigenvalue weighted by molar-refractivity contribution is 0.618. The molecule has 2 aromatic carbocycles. The van der Waals surface area contributed by atoms with E-state index in [1.54, 1.807) is 22.8 Å². The number of aromatic amines is 1. The Balaban J connectivity index is 2.46. The van der Waals surface area contributed by atoms with E-state index in [1.165, 1.54) is 6.07 Å². The summed E-state index contributed by atoms with van der Waals surface area (Å²) < 4.78 is 16.8. The number of hydrogen-bond acceptors (Lipinski definition) is 1. The summed E-state index contributed by atoms with van der Waals surface area (Å²) in [7, 11) is 0. The van der Waals surface area contributed by atoms with Gasteiger partial charge in [-0.2, -0.15) is 0 Å². The van der Waals surface area contributed by atoms with Gasteiger partial charge in [0.05, 0.1) is 21.7 Å². The monoisotopic (exact) mass is 356 g/mol. The second-order valence-electron chi connectivity index (χ2n) is 4.00. The van der Waals surface area contributed by atoms with Crippen molar-refractivity contribution in [2.45, 2.75) is 0 Å². The molecule has 0 radical (unpaired) electrons. The Labute approximate surface area is 127 Å². The van der Waals surface area contributed by atoms with Gasteiger partial charge in [-0.05, 0) is 42.5 Å². The van der Waals surface area contributed by atoms with Crippen LogP contribution in [0.15, 0.2) is 40.9 Å². The minimum absolute atomic E-state index is 0.360. The third kappa shape index (κ3) is 2.12. The Kier molecular flexibility index (Phi) is 3.20. The Morgan fingerprint density at radius 2 is 2.05 bits per heavy atom. The molecule has 0 aliphatic rings. The summed E-state index contributed by atoms with van der Waals surface area (Å²) in [6, 6.07) is 10.1. The lowest BCUT2D eigenvalue weighted by Crippen LogP contribution is -1.98. The molecule has 1 heterocycles. The highest BCUT2D eigenvalue weighted by Gasteiger charge is 2.13. The average Bonchev–Trinajstić information content (AvgIpc) is 2.70. The number of para-hydroxylation sites is 1. The van der Waals surface area contributed by atoms with Crippen molar-refractivity contribution in [1.82, 2.24) is 9.55 Å². The van der Waals surface area contributed by atoms with Gasteiger partial charge in [0.1, 0.15) is 5.82 Å². The zero-order chi connectivity index (χ0) is 13.6. The van der Waals surface area contributed by atoms with E-state index in [4.69, 9.17) is 23.8 Å². The third-order valence-corrected chi connectivity index (χ3v) is 3.89. The zero-order valence-electron chi connectivity index (χ0n) is 9.45. The van der Waals surface area contributed by atoms with E-state index in [2.05, 4.69) is 20.9 Å². The van der Waals surface area contributed by atoms with Gasteiger partial charge >= 0.3 is 0 Å². The molecule has 0 bridgehead atoms. The van der Waals surface area contributed by atoms with E-state index in [0.29, 0.717) is 21.0 Å². The number of imidazole rings is 1. The van der Waals surface area contributed by atoms with Crippen LogP contribution in [0.4, 0.5) is 4.39 Å². The third-order valence-electron chi connectivity index (χ3n) is 2.80. The molecule has 0 aliphatic heterocycles. The molecular weight excluding hydrogens is 351 g/mol. The minimum atomic E-state index is -0.361. The van der Waals surface area contributed by atoms with Crippen LogP contribution in [-0.2, 0) is 0 Å². The molecule has 0 amide bonds. The van der Waals surface area contributed by atoms with Crippen molar-refractivity contribution in [2.75, 3.05) is 0 Å². The number of rotatable bonds is 1. The summed E-state index contributed by atoms with van der Waals surface area (Å²) in [5, 5.41) is 0.518. The van der Waals surface area contributed by atoms with Crippen LogP contribution in [0.5, 0.6) is 0 Å². The Morgan fingerprint density at radius 1 is 1.26 bits per heavy atom. The second-order valence-corrected chi connectivity index (χ2v) is 5.71. The highest BCUT2D eigenvalue weighted by atomic mass is 79.9. The maximum atomic E-state index is 14.0. The lowest BCUT2D eigenvalue weighted by atomic mass is 10.2. The summed E-state index contributed by atoms with van der Waals surface area (Å²) in [5.74, 6) is -0.361. The highest BCUT2D eigenvalue weighted by molar-refractivity contribution is 9.10. The number of aromatic nitrogens is 2. The molecule has 1 N–H and O–H groups in total. The number of halogens is 3. The average molecular weight is 358 g/mol. The van der Waals surface area contributed by atoms with Crippen molar-refractivity contribution in [2.24, 2.45) is 0 Å². The molecular formula is C13H7BrClFN2S. The van der Waals surface area contributed by atoms with Gasteiger partial charge in [0.25, 0.3) is 0 Å². The fourth-order valence-electron chi connectivity index (χ4n) is 2.00. The molecule has 1 aromatic heterocycles. The van der Waals surface area contributed by atoms with Crippen LogP contribution in [0.3, 0.4) is 0 Å². The maximum Gasteiger partial charge on any atom is 0.182 e. The smallest absolute Gasteiger partial charge is 0.182 e. The van der Waals surface area contributed by atoms with Gasteiger partial charge in [0.2, 0.25) is 0 Å². The quantitative estimate of drug-likeness (QED) is 0.590. The van der Waals surface area contributed by atoms with Crippen LogP contribution in [0, 0.1) is 10.6 Å². The van der Waals surface area contributed by atoms with Gasteiger partial charge in [-0.25, -0.2) is 4.39 Å². The Bertz CT molecular complexity index is 840. The van der Waals surface area contributed by atoms with Crippen LogP contribution in [0.1, 0.15) is 0 Å². The number of nitrogens with zero attached hydrogens (tertiary/aromatic N) is 1. The maximum absolute atomic E-state index is 14.0. The molecule has 0 saturated carbocycles. The molecule has 6 heteroatoms. The fraction of sp³-hybridized carbons (Fsp3) is 0. The van der Waals surface area contributed by atoms with Crippen molar-refractivity contribution < 1.29 is 4.39 Å². The fourth-order valence-corrected chi connectivity index (χ4v) is 2.91. The number of H-pyrrole nitrogens is 1. The van der Waals surface area contributed by atoms with Crippen LogP contribution >= 0.6 is 39.7 Å². The van der Waals surface area contributed by atoms with E-state index in [-0.39, 0.29) is 5.82 Å². The van der Waals surface area contributed by atoms with Crippen molar-refractivity contribution in [3.05, 3.63) is 56.5 Å². The lowest BCUT2D eigenvalue weighted by Gasteiger charge is -2.07. The molecule has 0 aliphatic carbocycles. The van der Waals surface area contributed by atoms with Gasteiger partial charge in [0, 0.05) is 4.47 Å². The van der Waals surface area contributed by atoms with Crippen molar-refractivity contribution in [3.8, 4) is 5.69 Å². The van der Waals surface area contributed by atoms with Crippen LogP contribution in [-0.4, -0.2) is 9.55 Å². The van der Waals surface area contributed by atoms with Crippen LogP contribution < -0.4 is 0 Å². The predicted octanol–water partition coefficient (Wildman–Crippen LogP) is 5.24. The summed E-state index contributed by atoms with van der Waals surface area (Å²) >= 11 is 14.8. The molecule has 0 spiro atoms. The van der Waals surface area contributed by atoms with Gasteiger partial charge in [-0.1, -0.05) is 33.6 Å². The normalized spacial score (nSPS) is 11.1. The SMILES string of the molecule is Fc1ccc(Br)cc1-n1c(=S)[nH]c2cccc(Cl)c21. The van der Waals surface area contributed by atoms with E-state index in [1.807, 2.05) is 12.1 Å². The van der Waals surface area contributed by atoms with E-state index >= 15 is 0 Å². The molecule has 0 atom stereocenters. The van der Waals surface area contributed by atoms with E-state index in [9.17, 15) is 4.39 Å². The van der Waals surface area contributed by atoms with Crippen molar-refractivity contribution in [1.29, 1.82) is 0 Å². The highest BCUT2D eigenvalue weighted by Crippen LogP contribution is 2.28. The number of nitrogens with one attached hydrogen (secondary N) is 1. The first kappa shape index (κ1) is 12.8. The molecule has 0 unspecified atom stereocenters. The first-order valence-corrected chi connectivity index (χ1v) is 7.00. The summed E-state index contributed by atoms with van der Waals surface area (Å²) in [5.41, 5.74) is 1.81. The minimum Gasteiger partial charge on any atom is -0.330 e. The number of fused-ring (bicyclic) bond motifs is 1. The van der Waals surface area contributed by atoms with Crippen LogP contribution in [0.25, 0.3) is 16.7 Å². The molecule has 19 heavy (non-hydrogen) atoms. The molecule has 0 saturated heterocycles. The van der Waals surface area contributed by atoms with E-state index in [0.717, 1.165) is 9.99 Å². The van der Waals surface area contributed by atoms with Gasteiger partial charge < -0.3 is 4.98 Å². The van der Waals surface area contributed by atoms with Crippen molar-refractivity contribution in [3.63, 3.8) is 0 Å². The molecule has 3 rings (SSSR count). The van der Waals surface area contributed by atoms with Crippen LogP contribution in [0.2, 0.25) is 5.02 Å². The zero-order valence-corrected chi connectivity index (χ0v) is 12.6. The Morgan fingerprint density at radius 3 is 2.84 bits per heavy atom.